The predicted molar refractivity (Wildman–Crippen MR) is 101 cm³/mol. The highest BCUT2D eigenvalue weighted by atomic mass is 32.2. The van der Waals surface area contributed by atoms with Crippen LogP contribution in [0.3, 0.4) is 0 Å². The maximum Gasteiger partial charge on any atom is 0.215 e. The van der Waals surface area contributed by atoms with Crippen molar-refractivity contribution in [2.45, 2.75) is 25.0 Å². The van der Waals surface area contributed by atoms with Gasteiger partial charge in [0.25, 0.3) is 0 Å². The van der Waals surface area contributed by atoms with Gasteiger partial charge in [0.1, 0.15) is 0 Å². The summed E-state index contributed by atoms with van der Waals surface area (Å²) in [5.74, 6) is -2.72. The minimum atomic E-state index is -3.23. The molecule has 0 aliphatic rings. The van der Waals surface area contributed by atoms with Crippen molar-refractivity contribution in [2.75, 3.05) is 27.7 Å². The molecule has 0 fully saturated rings. The maximum atomic E-state index is 11.6. The Labute approximate surface area is 164 Å². The fourth-order valence-electron chi connectivity index (χ4n) is 2.36. The van der Waals surface area contributed by atoms with Gasteiger partial charge < -0.3 is 29.7 Å². The third-order valence-corrected chi connectivity index (χ3v) is 5.20. The van der Waals surface area contributed by atoms with Crippen molar-refractivity contribution in [3.8, 4) is 0 Å². The first kappa shape index (κ1) is 23.6. The number of sulfonamides is 1. The number of nitrogens with zero attached hydrogens (tertiary/aromatic N) is 1. The van der Waals surface area contributed by atoms with E-state index in [1.807, 2.05) is 38.5 Å². The third-order valence-electron chi connectivity index (χ3n) is 3.86. The molecule has 2 N–H and O–H groups in total. The molecule has 1 aromatic heterocycles. The number of aliphatic carboxylic acids is 2. The number of carboxylic acid groups (broad SMARTS) is 2. The molecule has 9 nitrogen and oxygen atoms in total. The second kappa shape index (κ2) is 10.8. The molecule has 0 spiro atoms. The Bertz CT molecular complexity index is 891. The summed E-state index contributed by atoms with van der Waals surface area (Å²) in [6.07, 6.45) is 2.00. The van der Waals surface area contributed by atoms with Crippen LogP contribution < -0.4 is 14.9 Å². The number of carbonyl (C=O) groups is 2. The minimum Gasteiger partial charge on any atom is -0.550 e. The number of aromatic nitrogens is 1. The molecule has 0 bridgehead atoms. The van der Waals surface area contributed by atoms with Gasteiger partial charge in [0, 0.05) is 35.6 Å². The SMILES string of the molecule is CNS(=O)(=O)Cc1ccc2[nH]cc(CCN(C)C)c2c1.O=C([O-])CCC(=O)[O-]. The monoisotopic (exact) mass is 411 g/mol. The Morgan fingerprint density at radius 3 is 2.25 bits per heavy atom. The smallest absolute Gasteiger partial charge is 0.215 e. The molecule has 0 amide bonds. The van der Waals surface area contributed by atoms with Gasteiger partial charge in [0.2, 0.25) is 10.0 Å². The van der Waals surface area contributed by atoms with E-state index >= 15 is 0 Å². The normalized spacial score (nSPS) is 11.3. The zero-order chi connectivity index (χ0) is 21.3. The molecule has 1 aromatic carbocycles. The van der Waals surface area contributed by atoms with Crippen molar-refractivity contribution in [3.63, 3.8) is 0 Å². The number of hydrogen-bond donors (Lipinski definition) is 2. The largest absolute Gasteiger partial charge is 0.550 e. The lowest BCUT2D eigenvalue weighted by Crippen LogP contribution is -2.27. The Balaban J connectivity index is 0.000000416. The Morgan fingerprint density at radius 2 is 1.75 bits per heavy atom. The molecule has 0 atom stereocenters. The molecule has 28 heavy (non-hydrogen) atoms. The highest BCUT2D eigenvalue weighted by Crippen LogP contribution is 2.21. The van der Waals surface area contributed by atoms with Crippen LogP contribution in [-0.4, -0.2) is 57.9 Å². The van der Waals surface area contributed by atoms with Gasteiger partial charge in [0.15, 0.2) is 0 Å². The van der Waals surface area contributed by atoms with Crippen LogP contribution in [0.1, 0.15) is 24.0 Å². The number of aromatic amines is 1. The zero-order valence-corrected chi connectivity index (χ0v) is 17.0. The number of nitrogens with one attached hydrogen (secondary N) is 2. The van der Waals surface area contributed by atoms with Gasteiger partial charge in [-0.3, -0.25) is 0 Å². The van der Waals surface area contributed by atoms with E-state index in [4.69, 9.17) is 0 Å². The average molecular weight is 411 g/mol. The lowest BCUT2D eigenvalue weighted by molar-refractivity contribution is -0.315. The Kier molecular flexibility index (Phi) is 9.10. The molecule has 156 valence electrons. The van der Waals surface area contributed by atoms with Crippen molar-refractivity contribution < 1.29 is 28.2 Å². The summed E-state index contributed by atoms with van der Waals surface area (Å²) < 4.78 is 25.6. The highest BCUT2D eigenvalue weighted by molar-refractivity contribution is 7.88. The second-order valence-corrected chi connectivity index (χ2v) is 8.38. The summed E-state index contributed by atoms with van der Waals surface area (Å²) in [6.45, 7) is 0.964. The van der Waals surface area contributed by atoms with E-state index in [2.05, 4.69) is 14.6 Å². The van der Waals surface area contributed by atoms with Crippen molar-refractivity contribution >= 4 is 32.9 Å². The Morgan fingerprint density at radius 1 is 1.14 bits per heavy atom. The van der Waals surface area contributed by atoms with Crippen LogP contribution in [0.2, 0.25) is 0 Å². The van der Waals surface area contributed by atoms with Gasteiger partial charge in [0.05, 0.1) is 5.75 Å². The van der Waals surface area contributed by atoms with Crippen LogP contribution in [0.4, 0.5) is 0 Å². The fourth-order valence-corrected chi connectivity index (χ4v) is 3.12. The van der Waals surface area contributed by atoms with Crippen LogP contribution in [0.5, 0.6) is 0 Å². The molecular formula is C18H25N3O6S-2. The minimum absolute atomic E-state index is 0.0116. The number of fused-ring (bicyclic) bond motifs is 1. The molecule has 0 radical (unpaired) electrons. The predicted octanol–water partition coefficient (Wildman–Crippen LogP) is -1.41. The van der Waals surface area contributed by atoms with E-state index in [0.29, 0.717) is 0 Å². The number of rotatable bonds is 9. The first-order chi connectivity index (χ1) is 13.0. The maximum absolute atomic E-state index is 11.6. The third kappa shape index (κ3) is 8.51. The van der Waals surface area contributed by atoms with Crippen LogP contribution in [0, 0.1) is 0 Å². The van der Waals surface area contributed by atoms with Crippen molar-refractivity contribution in [3.05, 3.63) is 35.5 Å². The van der Waals surface area contributed by atoms with E-state index in [1.54, 1.807) is 0 Å². The van der Waals surface area contributed by atoms with E-state index in [0.717, 1.165) is 29.4 Å². The van der Waals surface area contributed by atoms with Crippen LogP contribution in [0.25, 0.3) is 10.9 Å². The molecule has 0 saturated carbocycles. The summed E-state index contributed by atoms with van der Waals surface area (Å²) in [4.78, 5) is 24.4. The molecule has 2 aromatic rings. The zero-order valence-electron chi connectivity index (χ0n) is 16.1. The first-order valence-electron chi connectivity index (χ1n) is 8.58. The summed E-state index contributed by atoms with van der Waals surface area (Å²) in [5, 5.41) is 20.1. The van der Waals surface area contributed by atoms with Gasteiger partial charge >= 0.3 is 0 Å². The number of likely N-dealkylation sites (N-methyl/N-ethyl adjacent to an activating group) is 1. The van der Waals surface area contributed by atoms with Crippen LogP contribution >= 0.6 is 0 Å². The molecule has 0 aliphatic carbocycles. The van der Waals surface area contributed by atoms with Gasteiger partial charge in [-0.2, -0.15) is 0 Å². The van der Waals surface area contributed by atoms with E-state index in [9.17, 15) is 28.2 Å². The highest BCUT2D eigenvalue weighted by Gasteiger charge is 2.11. The molecule has 0 unspecified atom stereocenters. The van der Waals surface area contributed by atoms with Crippen molar-refractivity contribution in [2.24, 2.45) is 0 Å². The lowest BCUT2D eigenvalue weighted by atomic mass is 10.1. The van der Waals surface area contributed by atoms with Crippen LogP contribution in [-0.2, 0) is 31.8 Å². The van der Waals surface area contributed by atoms with Gasteiger partial charge in [-0.1, -0.05) is 6.07 Å². The van der Waals surface area contributed by atoms with E-state index in [-0.39, 0.29) is 5.75 Å². The van der Waals surface area contributed by atoms with Crippen molar-refractivity contribution in [1.82, 2.24) is 14.6 Å². The molecule has 0 aliphatic heterocycles. The molecule has 10 heteroatoms. The number of carbonyl (C=O) groups excluding carboxylic acids is 2. The second-order valence-electron chi connectivity index (χ2n) is 6.45. The standard InChI is InChI=1S/C14H21N3O2S.C4H6O4/c1-15-20(18,19)10-11-4-5-14-13(8-11)12(9-16-14)6-7-17(2)3;5-3(6)1-2-4(7)8/h4-5,8-9,15-16H,6-7,10H2,1-3H3;1-2H2,(H,5,6)(H,7,8)/p-2. The number of benzene rings is 1. The van der Waals surface area contributed by atoms with Gasteiger partial charge in [-0.25, -0.2) is 13.1 Å². The molecule has 0 saturated heterocycles. The summed E-state index contributed by atoms with van der Waals surface area (Å²) in [6, 6.07) is 5.75. The summed E-state index contributed by atoms with van der Waals surface area (Å²) in [7, 11) is 2.29. The quantitative estimate of drug-likeness (QED) is 0.515. The Hall–Kier alpha value is -2.43. The van der Waals surface area contributed by atoms with E-state index in [1.165, 1.54) is 12.6 Å². The van der Waals surface area contributed by atoms with Gasteiger partial charge in [-0.05, 0) is 63.7 Å². The topological polar surface area (TPSA) is 145 Å². The fraction of sp³-hybridized carbons (Fsp3) is 0.444. The van der Waals surface area contributed by atoms with Crippen LogP contribution in [0.15, 0.2) is 24.4 Å². The molecule has 1 heterocycles. The number of hydrogen-bond acceptors (Lipinski definition) is 7. The number of carboxylic acids is 2. The van der Waals surface area contributed by atoms with E-state index < -0.39 is 34.8 Å². The van der Waals surface area contributed by atoms with Gasteiger partial charge in [-0.15, -0.1) is 0 Å². The summed E-state index contributed by atoms with van der Waals surface area (Å²) >= 11 is 0. The number of H-pyrrole nitrogens is 1. The first-order valence-corrected chi connectivity index (χ1v) is 10.2. The molecule has 2 rings (SSSR count). The summed E-state index contributed by atoms with van der Waals surface area (Å²) in [5.41, 5.74) is 3.07. The lowest BCUT2D eigenvalue weighted by Gasteiger charge is -2.08. The average Bonchev–Trinajstić information content (AvgIpc) is 3.00. The van der Waals surface area contributed by atoms with Crippen molar-refractivity contribution in [1.29, 1.82) is 0 Å². The molecular weight excluding hydrogens is 386 g/mol.